The molecule has 0 saturated carbocycles. The smallest absolute Gasteiger partial charge is 0.115 e. The fourth-order valence-corrected chi connectivity index (χ4v) is 4.68. The Hall–Kier alpha value is -4.50. The first-order chi connectivity index (χ1) is 17.1. The molecule has 1 atom stereocenters. The van der Waals surface area contributed by atoms with Crippen LogP contribution in [0.2, 0.25) is 0 Å². The molecule has 0 heterocycles. The van der Waals surface area contributed by atoms with Crippen molar-refractivity contribution in [3.8, 4) is 17.2 Å². The molecule has 1 unspecified atom stereocenters. The number of rotatable bonds is 6. The second-order valence-corrected chi connectivity index (χ2v) is 8.72. The summed E-state index contributed by atoms with van der Waals surface area (Å²) in [6.45, 7) is 0. The molecular weight excluding hydrogens is 432 g/mol. The summed E-state index contributed by atoms with van der Waals surface area (Å²) < 4.78 is 0. The highest BCUT2D eigenvalue weighted by molar-refractivity contribution is 5.49. The van der Waals surface area contributed by atoms with Gasteiger partial charge < -0.3 is 15.3 Å². The second kappa shape index (κ2) is 9.78. The third-order valence-corrected chi connectivity index (χ3v) is 6.42. The molecule has 0 bridgehead atoms. The van der Waals surface area contributed by atoms with Gasteiger partial charge in [0.05, 0.1) is 0 Å². The summed E-state index contributed by atoms with van der Waals surface area (Å²) in [6, 6.07) is 40.9. The molecule has 3 N–H and O–H groups in total. The Morgan fingerprint density at radius 1 is 0.286 bits per heavy atom. The Morgan fingerprint density at radius 2 is 0.514 bits per heavy atom. The Labute approximate surface area is 205 Å². The van der Waals surface area contributed by atoms with Crippen molar-refractivity contribution in [2.24, 2.45) is 0 Å². The number of phenolic OH excluding ortho intramolecular Hbond substituents is 3. The second-order valence-electron chi connectivity index (χ2n) is 8.72. The van der Waals surface area contributed by atoms with E-state index in [0.29, 0.717) is 0 Å². The zero-order chi connectivity index (χ0) is 24.2. The monoisotopic (exact) mass is 458 g/mol. The minimum absolute atomic E-state index is 0.0339. The van der Waals surface area contributed by atoms with Gasteiger partial charge in [-0.05, 0) is 69.8 Å². The molecule has 3 nitrogen and oxygen atoms in total. The van der Waals surface area contributed by atoms with Crippen molar-refractivity contribution in [3.63, 3.8) is 0 Å². The fraction of sp³-hybridized carbons (Fsp3) is 0.0625. The van der Waals surface area contributed by atoms with Crippen LogP contribution < -0.4 is 0 Å². The lowest BCUT2D eigenvalue weighted by molar-refractivity contribution is 0.474. The van der Waals surface area contributed by atoms with Crippen LogP contribution in [0.4, 0.5) is 0 Å². The van der Waals surface area contributed by atoms with Crippen molar-refractivity contribution < 1.29 is 15.3 Å². The number of phenols is 3. The molecule has 0 radical (unpaired) electrons. The van der Waals surface area contributed by atoms with Crippen molar-refractivity contribution in [2.45, 2.75) is 11.8 Å². The summed E-state index contributed by atoms with van der Waals surface area (Å²) >= 11 is 0. The zero-order valence-electron chi connectivity index (χ0n) is 19.1. The molecule has 0 aromatic heterocycles. The van der Waals surface area contributed by atoms with Gasteiger partial charge in [0.25, 0.3) is 0 Å². The fourth-order valence-electron chi connectivity index (χ4n) is 4.68. The van der Waals surface area contributed by atoms with Crippen molar-refractivity contribution >= 4 is 0 Å². The van der Waals surface area contributed by atoms with Crippen molar-refractivity contribution in [1.29, 1.82) is 0 Å². The molecule has 5 rings (SSSR count). The van der Waals surface area contributed by atoms with Crippen LogP contribution in [0.15, 0.2) is 127 Å². The van der Waals surface area contributed by atoms with E-state index >= 15 is 0 Å². The van der Waals surface area contributed by atoms with E-state index in [1.807, 2.05) is 54.6 Å². The topological polar surface area (TPSA) is 60.7 Å². The largest absolute Gasteiger partial charge is 0.508 e. The van der Waals surface area contributed by atoms with Gasteiger partial charge in [-0.15, -0.1) is 0 Å². The first kappa shape index (κ1) is 22.3. The third-order valence-electron chi connectivity index (χ3n) is 6.42. The Balaban J connectivity index is 1.57. The summed E-state index contributed by atoms with van der Waals surface area (Å²) in [5.74, 6) is 0.698. The molecule has 35 heavy (non-hydrogen) atoms. The predicted molar refractivity (Wildman–Crippen MR) is 139 cm³/mol. The quantitative estimate of drug-likeness (QED) is 0.237. The van der Waals surface area contributed by atoms with Crippen molar-refractivity contribution in [1.82, 2.24) is 0 Å². The molecule has 0 aliphatic rings. The SMILES string of the molecule is Oc1ccc(C(c2ccccc2)c2ccc(C(c3ccc(O)cc3)c3ccc(O)cc3)cc2)cc1. The van der Waals surface area contributed by atoms with Crippen molar-refractivity contribution in [2.75, 3.05) is 0 Å². The molecular formula is C32H26O3. The number of hydrogen-bond donors (Lipinski definition) is 3. The van der Waals surface area contributed by atoms with E-state index in [4.69, 9.17) is 0 Å². The van der Waals surface area contributed by atoms with Crippen LogP contribution in [0.25, 0.3) is 0 Å². The highest BCUT2D eigenvalue weighted by Gasteiger charge is 2.20. The van der Waals surface area contributed by atoms with Gasteiger partial charge in [-0.25, -0.2) is 0 Å². The Kier molecular flexibility index (Phi) is 6.23. The summed E-state index contributed by atoms with van der Waals surface area (Å²) in [5.41, 5.74) is 6.66. The van der Waals surface area contributed by atoms with E-state index in [0.717, 1.165) is 27.8 Å². The normalized spacial score (nSPS) is 11.9. The van der Waals surface area contributed by atoms with Gasteiger partial charge in [0.15, 0.2) is 0 Å². The lowest BCUT2D eigenvalue weighted by Crippen LogP contribution is -2.06. The van der Waals surface area contributed by atoms with Crippen LogP contribution in [0.1, 0.15) is 45.2 Å². The average Bonchev–Trinajstić information content (AvgIpc) is 2.89. The maximum absolute atomic E-state index is 9.80. The highest BCUT2D eigenvalue weighted by Crippen LogP contribution is 2.37. The van der Waals surface area contributed by atoms with Gasteiger partial charge in [-0.1, -0.05) is 91.0 Å². The molecule has 0 fully saturated rings. The van der Waals surface area contributed by atoms with Crippen LogP contribution in [0.3, 0.4) is 0 Å². The van der Waals surface area contributed by atoms with E-state index in [2.05, 4.69) is 36.4 Å². The third kappa shape index (κ3) is 4.90. The van der Waals surface area contributed by atoms with Gasteiger partial charge in [0, 0.05) is 11.8 Å². The predicted octanol–water partition coefficient (Wildman–Crippen LogP) is 7.16. The molecule has 3 heteroatoms. The molecule has 0 aliphatic carbocycles. The maximum atomic E-state index is 9.80. The molecule has 0 spiro atoms. The zero-order valence-corrected chi connectivity index (χ0v) is 19.1. The molecule has 5 aromatic carbocycles. The minimum Gasteiger partial charge on any atom is -0.508 e. The summed E-state index contributed by atoms with van der Waals surface area (Å²) in [7, 11) is 0. The van der Waals surface area contributed by atoms with Crippen LogP contribution >= 0.6 is 0 Å². The highest BCUT2D eigenvalue weighted by atomic mass is 16.3. The summed E-state index contributed by atoms with van der Waals surface area (Å²) in [4.78, 5) is 0. The molecule has 0 saturated heterocycles. The molecule has 172 valence electrons. The first-order valence-corrected chi connectivity index (χ1v) is 11.6. The Morgan fingerprint density at radius 3 is 0.800 bits per heavy atom. The van der Waals surface area contributed by atoms with Crippen LogP contribution in [0, 0.1) is 0 Å². The van der Waals surface area contributed by atoms with E-state index in [9.17, 15) is 15.3 Å². The first-order valence-electron chi connectivity index (χ1n) is 11.6. The van der Waals surface area contributed by atoms with E-state index in [1.165, 1.54) is 5.56 Å². The maximum Gasteiger partial charge on any atom is 0.115 e. The summed E-state index contributed by atoms with van der Waals surface area (Å²) in [5, 5.41) is 29.4. The minimum atomic E-state index is -0.0471. The summed E-state index contributed by atoms with van der Waals surface area (Å²) in [6.07, 6.45) is 0. The number of hydrogen-bond acceptors (Lipinski definition) is 3. The van der Waals surface area contributed by atoms with E-state index in [1.54, 1.807) is 36.4 Å². The average molecular weight is 459 g/mol. The molecule has 5 aromatic rings. The number of benzene rings is 5. The molecule has 0 aliphatic heterocycles. The number of aromatic hydroxyl groups is 3. The van der Waals surface area contributed by atoms with Gasteiger partial charge in [0.1, 0.15) is 17.2 Å². The van der Waals surface area contributed by atoms with Crippen LogP contribution in [0.5, 0.6) is 17.2 Å². The van der Waals surface area contributed by atoms with Gasteiger partial charge in [0.2, 0.25) is 0 Å². The standard InChI is InChI=1S/C32H26O3/c33-28-16-10-25(11-17-28)31(22-4-2-1-3-5-22)23-6-8-24(9-7-23)32(26-12-18-29(34)19-13-26)27-14-20-30(35)21-15-27/h1-21,31-35H. The van der Waals surface area contributed by atoms with Gasteiger partial charge >= 0.3 is 0 Å². The van der Waals surface area contributed by atoms with E-state index < -0.39 is 0 Å². The van der Waals surface area contributed by atoms with Crippen LogP contribution in [-0.2, 0) is 0 Å². The van der Waals surface area contributed by atoms with Gasteiger partial charge in [-0.3, -0.25) is 0 Å². The lowest BCUT2D eigenvalue weighted by atomic mass is 9.82. The van der Waals surface area contributed by atoms with Crippen LogP contribution in [-0.4, -0.2) is 15.3 Å². The Bertz CT molecular complexity index is 1330. The van der Waals surface area contributed by atoms with Crippen molar-refractivity contribution in [3.05, 3.63) is 161 Å². The molecule has 0 amide bonds. The van der Waals surface area contributed by atoms with Gasteiger partial charge in [-0.2, -0.15) is 0 Å². The van der Waals surface area contributed by atoms with E-state index in [-0.39, 0.29) is 29.1 Å². The lowest BCUT2D eigenvalue weighted by Gasteiger charge is -2.22.